The summed E-state index contributed by atoms with van der Waals surface area (Å²) in [5, 5.41) is 0. The Balaban J connectivity index is 2.37. The van der Waals surface area contributed by atoms with Gasteiger partial charge in [0.05, 0.1) is 11.2 Å². The van der Waals surface area contributed by atoms with Crippen molar-refractivity contribution < 1.29 is 9.31 Å². The van der Waals surface area contributed by atoms with Crippen molar-refractivity contribution >= 4 is 12.6 Å². The summed E-state index contributed by atoms with van der Waals surface area (Å²) in [6, 6.07) is 7.98. The minimum atomic E-state index is -0.341. The van der Waals surface area contributed by atoms with Crippen molar-refractivity contribution in [2.75, 3.05) is 0 Å². The maximum atomic E-state index is 6.05. The van der Waals surface area contributed by atoms with Gasteiger partial charge in [-0.1, -0.05) is 24.1 Å². The van der Waals surface area contributed by atoms with Crippen LogP contribution in [0.4, 0.5) is 0 Å². The zero-order valence-electron chi connectivity index (χ0n) is 11.7. The molecule has 0 atom stereocenters. The molecule has 1 aromatic carbocycles. The Morgan fingerprint density at radius 3 is 2.11 bits per heavy atom. The Morgan fingerprint density at radius 2 is 1.56 bits per heavy atom. The van der Waals surface area contributed by atoms with Crippen molar-refractivity contribution in [2.45, 2.75) is 45.8 Å². The van der Waals surface area contributed by atoms with Gasteiger partial charge in [0.15, 0.2) is 0 Å². The van der Waals surface area contributed by atoms with E-state index in [1.54, 1.807) is 0 Å². The molecule has 1 aliphatic rings. The SMILES string of the molecule is CC#Cc1ccccc1B1OC(C)(C)C(C)(C)O1. The van der Waals surface area contributed by atoms with Crippen molar-refractivity contribution in [1.29, 1.82) is 0 Å². The quantitative estimate of drug-likeness (QED) is 0.556. The van der Waals surface area contributed by atoms with Crippen LogP contribution in [-0.4, -0.2) is 18.3 Å². The third-order valence-corrected chi connectivity index (χ3v) is 3.73. The van der Waals surface area contributed by atoms with Gasteiger partial charge in [0.2, 0.25) is 0 Å². The summed E-state index contributed by atoms with van der Waals surface area (Å²) < 4.78 is 12.1. The van der Waals surface area contributed by atoms with Gasteiger partial charge >= 0.3 is 7.12 Å². The van der Waals surface area contributed by atoms with Gasteiger partial charge in [-0.25, -0.2) is 0 Å². The van der Waals surface area contributed by atoms with Gasteiger partial charge in [-0.2, -0.15) is 0 Å². The van der Waals surface area contributed by atoms with Gasteiger partial charge in [-0.3, -0.25) is 0 Å². The summed E-state index contributed by atoms with van der Waals surface area (Å²) in [6.45, 7) is 10.1. The average Bonchev–Trinajstić information content (AvgIpc) is 2.49. The molecular formula is C15H19BO2. The molecule has 0 spiro atoms. The highest BCUT2D eigenvalue weighted by Crippen LogP contribution is 2.36. The lowest BCUT2D eigenvalue weighted by molar-refractivity contribution is 0.00578. The van der Waals surface area contributed by atoms with E-state index in [4.69, 9.17) is 9.31 Å². The summed E-state index contributed by atoms with van der Waals surface area (Å²) in [7, 11) is -0.341. The molecule has 0 unspecified atom stereocenters. The predicted molar refractivity (Wildman–Crippen MR) is 74.7 cm³/mol. The van der Waals surface area contributed by atoms with Gasteiger partial charge in [-0.05, 0) is 46.1 Å². The molecule has 0 amide bonds. The largest absolute Gasteiger partial charge is 0.496 e. The van der Waals surface area contributed by atoms with Gasteiger partial charge in [0, 0.05) is 5.56 Å². The first kappa shape index (κ1) is 13.2. The van der Waals surface area contributed by atoms with Gasteiger partial charge in [0.1, 0.15) is 0 Å². The fraction of sp³-hybridized carbons (Fsp3) is 0.467. The third kappa shape index (κ3) is 2.19. The molecule has 2 nitrogen and oxygen atoms in total. The van der Waals surface area contributed by atoms with E-state index in [0.29, 0.717) is 0 Å². The van der Waals surface area contributed by atoms with E-state index in [1.165, 1.54) is 0 Å². The zero-order chi connectivity index (χ0) is 13.4. The Hall–Kier alpha value is -1.24. The first-order valence-corrected chi connectivity index (χ1v) is 6.25. The predicted octanol–water partition coefficient (Wildman–Crippen LogP) is 2.36. The van der Waals surface area contributed by atoms with Crippen LogP contribution in [0.3, 0.4) is 0 Å². The monoisotopic (exact) mass is 242 g/mol. The van der Waals surface area contributed by atoms with Crippen LogP contribution in [0.5, 0.6) is 0 Å². The molecule has 0 aromatic heterocycles. The lowest BCUT2D eigenvalue weighted by Gasteiger charge is -2.32. The van der Waals surface area contributed by atoms with E-state index >= 15 is 0 Å². The molecule has 1 saturated heterocycles. The Kier molecular flexibility index (Phi) is 3.27. The van der Waals surface area contributed by atoms with Crippen molar-refractivity contribution in [3.8, 4) is 11.8 Å². The van der Waals surface area contributed by atoms with Crippen LogP contribution in [0.25, 0.3) is 0 Å². The fourth-order valence-corrected chi connectivity index (χ4v) is 1.92. The second-order valence-corrected chi connectivity index (χ2v) is 5.55. The molecule has 0 aliphatic carbocycles. The fourth-order valence-electron chi connectivity index (χ4n) is 1.92. The molecule has 3 heteroatoms. The minimum absolute atomic E-state index is 0.315. The highest BCUT2D eigenvalue weighted by atomic mass is 16.7. The van der Waals surface area contributed by atoms with Gasteiger partial charge in [0.25, 0.3) is 0 Å². The Morgan fingerprint density at radius 1 is 1.00 bits per heavy atom. The number of hydrogen-bond acceptors (Lipinski definition) is 2. The second kappa shape index (κ2) is 4.46. The van der Waals surface area contributed by atoms with Crippen LogP contribution in [0, 0.1) is 11.8 Å². The summed E-state index contributed by atoms with van der Waals surface area (Å²) in [6.07, 6.45) is 0. The van der Waals surface area contributed by atoms with E-state index in [2.05, 4.69) is 39.5 Å². The average molecular weight is 242 g/mol. The highest BCUT2D eigenvalue weighted by molar-refractivity contribution is 6.62. The molecule has 94 valence electrons. The smallest absolute Gasteiger partial charge is 0.399 e. The van der Waals surface area contributed by atoms with Crippen LogP contribution in [-0.2, 0) is 9.31 Å². The van der Waals surface area contributed by atoms with Crippen LogP contribution in [0.2, 0.25) is 0 Å². The normalized spacial score (nSPS) is 20.4. The summed E-state index contributed by atoms with van der Waals surface area (Å²) in [5.41, 5.74) is 1.35. The Labute approximate surface area is 110 Å². The van der Waals surface area contributed by atoms with E-state index in [0.717, 1.165) is 11.0 Å². The molecule has 1 heterocycles. The van der Waals surface area contributed by atoms with E-state index in [9.17, 15) is 0 Å². The first-order valence-electron chi connectivity index (χ1n) is 6.25. The zero-order valence-corrected chi connectivity index (χ0v) is 11.7. The molecule has 0 N–H and O–H groups in total. The first-order chi connectivity index (χ1) is 8.37. The van der Waals surface area contributed by atoms with Gasteiger partial charge in [-0.15, -0.1) is 5.92 Å². The molecule has 1 aromatic rings. The molecule has 2 rings (SSSR count). The van der Waals surface area contributed by atoms with Crippen LogP contribution in [0.1, 0.15) is 40.2 Å². The maximum absolute atomic E-state index is 6.05. The van der Waals surface area contributed by atoms with Crippen molar-refractivity contribution in [3.05, 3.63) is 29.8 Å². The number of rotatable bonds is 1. The summed E-state index contributed by atoms with van der Waals surface area (Å²) in [5.74, 6) is 6.03. The number of benzene rings is 1. The van der Waals surface area contributed by atoms with Crippen molar-refractivity contribution in [2.24, 2.45) is 0 Å². The standard InChI is InChI=1S/C15H19BO2/c1-6-9-12-10-7-8-11-13(12)16-17-14(2,3)15(4,5)18-16/h7-8,10-11H,1-5H3. The van der Waals surface area contributed by atoms with E-state index in [1.807, 2.05) is 31.2 Å². The highest BCUT2D eigenvalue weighted by Gasteiger charge is 2.52. The van der Waals surface area contributed by atoms with Gasteiger partial charge < -0.3 is 9.31 Å². The van der Waals surface area contributed by atoms with Crippen molar-refractivity contribution in [1.82, 2.24) is 0 Å². The second-order valence-electron chi connectivity index (χ2n) is 5.55. The lowest BCUT2D eigenvalue weighted by atomic mass is 9.76. The molecule has 0 saturated carbocycles. The molecule has 0 radical (unpaired) electrons. The van der Waals surface area contributed by atoms with Crippen molar-refractivity contribution in [3.63, 3.8) is 0 Å². The molecule has 18 heavy (non-hydrogen) atoms. The topological polar surface area (TPSA) is 18.5 Å². The third-order valence-electron chi connectivity index (χ3n) is 3.73. The van der Waals surface area contributed by atoms with E-state index in [-0.39, 0.29) is 18.3 Å². The van der Waals surface area contributed by atoms with Crippen LogP contribution in [0.15, 0.2) is 24.3 Å². The van der Waals surface area contributed by atoms with Crippen LogP contribution >= 0.6 is 0 Å². The maximum Gasteiger partial charge on any atom is 0.496 e. The minimum Gasteiger partial charge on any atom is -0.399 e. The molecule has 0 bridgehead atoms. The lowest BCUT2D eigenvalue weighted by Crippen LogP contribution is -2.41. The van der Waals surface area contributed by atoms with E-state index < -0.39 is 0 Å². The molecule has 1 fully saturated rings. The molecular weight excluding hydrogens is 223 g/mol. The summed E-state index contributed by atoms with van der Waals surface area (Å²) in [4.78, 5) is 0. The Bertz CT molecular complexity index is 493. The number of hydrogen-bond donors (Lipinski definition) is 0. The summed E-state index contributed by atoms with van der Waals surface area (Å²) >= 11 is 0. The van der Waals surface area contributed by atoms with Crippen LogP contribution < -0.4 is 5.46 Å². The molecule has 1 aliphatic heterocycles.